The fraction of sp³-hybridized carbons (Fsp3) is 0.533. The van der Waals surface area contributed by atoms with E-state index in [9.17, 15) is 4.79 Å². The topological polar surface area (TPSA) is 48.0 Å². The van der Waals surface area contributed by atoms with Crippen molar-refractivity contribution >= 4 is 17.7 Å². The maximum Gasteiger partial charge on any atom is 0.263 e. The van der Waals surface area contributed by atoms with Crippen LogP contribution in [0, 0.1) is 0 Å². The van der Waals surface area contributed by atoms with Gasteiger partial charge in [-0.25, -0.2) is 0 Å². The van der Waals surface area contributed by atoms with E-state index in [-0.39, 0.29) is 12.7 Å². The Bertz CT molecular complexity index is 579. The summed E-state index contributed by atoms with van der Waals surface area (Å²) in [6.45, 7) is 2.91. The lowest BCUT2D eigenvalue weighted by Crippen LogP contribution is -2.45. The second kappa shape index (κ2) is 5.02. The van der Waals surface area contributed by atoms with Crippen LogP contribution in [0.15, 0.2) is 18.2 Å². The van der Waals surface area contributed by atoms with E-state index in [1.54, 1.807) is 6.07 Å². The molecule has 21 heavy (non-hydrogen) atoms. The van der Waals surface area contributed by atoms with Gasteiger partial charge in [-0.1, -0.05) is 0 Å². The van der Waals surface area contributed by atoms with Crippen molar-refractivity contribution in [2.24, 2.45) is 0 Å². The van der Waals surface area contributed by atoms with Gasteiger partial charge in [0.2, 0.25) is 6.79 Å². The van der Waals surface area contributed by atoms with E-state index in [2.05, 4.69) is 0 Å². The molecule has 2 saturated heterocycles. The molecule has 3 heterocycles. The Morgan fingerprint density at radius 3 is 3.05 bits per heavy atom. The largest absolute Gasteiger partial charge is 0.481 e. The van der Waals surface area contributed by atoms with Crippen LogP contribution in [0.3, 0.4) is 0 Å². The van der Waals surface area contributed by atoms with Gasteiger partial charge in [0, 0.05) is 29.7 Å². The Labute approximate surface area is 127 Å². The molecule has 3 aliphatic rings. The van der Waals surface area contributed by atoms with Gasteiger partial charge in [0.15, 0.2) is 17.6 Å². The van der Waals surface area contributed by atoms with Gasteiger partial charge in [-0.3, -0.25) is 4.79 Å². The van der Waals surface area contributed by atoms with Crippen LogP contribution in [0.5, 0.6) is 17.2 Å². The van der Waals surface area contributed by atoms with E-state index < -0.39 is 6.10 Å². The predicted molar refractivity (Wildman–Crippen MR) is 79.0 cm³/mol. The first-order valence-corrected chi connectivity index (χ1v) is 8.24. The van der Waals surface area contributed by atoms with Crippen LogP contribution in [0.25, 0.3) is 0 Å². The highest BCUT2D eigenvalue weighted by atomic mass is 32.2. The number of ether oxygens (including phenoxy) is 3. The van der Waals surface area contributed by atoms with E-state index in [1.165, 1.54) is 0 Å². The number of nitrogens with zero attached hydrogens (tertiary/aromatic N) is 1. The average molecular weight is 307 g/mol. The average Bonchev–Trinajstić information content (AvgIpc) is 3.21. The van der Waals surface area contributed by atoms with Gasteiger partial charge in [-0.2, -0.15) is 11.8 Å². The molecular weight excluding hydrogens is 290 g/mol. The van der Waals surface area contributed by atoms with E-state index in [4.69, 9.17) is 14.2 Å². The number of carbonyl (C=O) groups excluding carboxylic acids is 1. The molecule has 0 radical (unpaired) electrons. The Morgan fingerprint density at radius 2 is 2.29 bits per heavy atom. The van der Waals surface area contributed by atoms with Gasteiger partial charge >= 0.3 is 0 Å². The molecule has 0 N–H and O–H groups in total. The Balaban J connectivity index is 1.43. The molecule has 0 spiro atoms. The maximum atomic E-state index is 12.5. The van der Waals surface area contributed by atoms with E-state index >= 15 is 0 Å². The number of likely N-dealkylation sites (tertiary alicyclic amines) is 1. The van der Waals surface area contributed by atoms with Crippen molar-refractivity contribution in [3.63, 3.8) is 0 Å². The fourth-order valence-electron chi connectivity index (χ4n) is 3.11. The molecule has 3 atom stereocenters. The van der Waals surface area contributed by atoms with Gasteiger partial charge < -0.3 is 19.1 Å². The molecule has 6 heteroatoms. The zero-order valence-corrected chi connectivity index (χ0v) is 12.6. The number of rotatable bonds is 3. The number of hydrogen-bond donors (Lipinski definition) is 0. The van der Waals surface area contributed by atoms with E-state index in [1.807, 2.05) is 35.7 Å². The highest BCUT2D eigenvalue weighted by Gasteiger charge is 2.42. The van der Waals surface area contributed by atoms with E-state index in [0.717, 1.165) is 24.5 Å². The fourth-order valence-corrected chi connectivity index (χ4v) is 4.54. The van der Waals surface area contributed by atoms with Crippen molar-refractivity contribution < 1.29 is 19.0 Å². The van der Waals surface area contributed by atoms with Crippen LogP contribution in [0.2, 0.25) is 0 Å². The number of thioether (sulfide) groups is 1. The van der Waals surface area contributed by atoms with Gasteiger partial charge in [0.1, 0.15) is 5.75 Å². The monoisotopic (exact) mass is 307 g/mol. The summed E-state index contributed by atoms with van der Waals surface area (Å²) in [6.07, 6.45) is 0.655. The van der Waals surface area contributed by atoms with Crippen molar-refractivity contribution in [2.45, 2.75) is 30.7 Å². The minimum Gasteiger partial charge on any atom is -0.481 e. The highest BCUT2D eigenvalue weighted by molar-refractivity contribution is 8.00. The molecular formula is C15H17NO4S. The summed E-state index contributed by atoms with van der Waals surface area (Å²) < 4.78 is 16.4. The van der Waals surface area contributed by atoms with Crippen LogP contribution in [0.4, 0.5) is 0 Å². The summed E-state index contributed by atoms with van der Waals surface area (Å²) in [5.41, 5.74) is 0. The van der Waals surface area contributed by atoms with Crippen molar-refractivity contribution in [1.29, 1.82) is 0 Å². The lowest BCUT2D eigenvalue weighted by molar-refractivity contribution is -0.138. The summed E-state index contributed by atoms with van der Waals surface area (Å²) in [6, 6.07) is 5.79. The molecule has 4 rings (SSSR count). The predicted octanol–water partition coefficient (Wildman–Crippen LogP) is 1.90. The lowest BCUT2D eigenvalue weighted by Gasteiger charge is -2.29. The molecule has 112 valence electrons. The molecule has 0 aromatic heterocycles. The van der Waals surface area contributed by atoms with Crippen LogP contribution < -0.4 is 14.2 Å². The van der Waals surface area contributed by atoms with Gasteiger partial charge in [-0.05, 0) is 25.5 Å². The quantitative estimate of drug-likeness (QED) is 0.853. The third-order valence-electron chi connectivity index (χ3n) is 4.19. The zero-order chi connectivity index (χ0) is 14.4. The molecule has 1 amide bonds. The summed E-state index contributed by atoms with van der Waals surface area (Å²) in [5, 5.41) is 0.622. The normalized spacial score (nSPS) is 27.0. The number of hydrogen-bond acceptors (Lipinski definition) is 5. The standard InChI is InChI=1S/C15H17NO4S/c1-9(15(17)16-6-12-4-10(16)7-21-12)20-11-2-3-13-14(5-11)19-8-18-13/h2-3,5,9-10,12H,4,6-8H2,1H3. The first-order chi connectivity index (χ1) is 10.2. The molecule has 0 saturated carbocycles. The van der Waals surface area contributed by atoms with Crippen molar-refractivity contribution in [2.75, 3.05) is 19.1 Å². The maximum absolute atomic E-state index is 12.5. The Hall–Kier alpha value is -1.56. The molecule has 3 unspecified atom stereocenters. The van der Waals surface area contributed by atoms with Crippen molar-refractivity contribution in [1.82, 2.24) is 4.90 Å². The summed E-state index contributed by atoms with van der Waals surface area (Å²) in [4.78, 5) is 14.5. The number of amides is 1. The Morgan fingerprint density at radius 1 is 1.43 bits per heavy atom. The van der Waals surface area contributed by atoms with Crippen molar-refractivity contribution in [3.05, 3.63) is 18.2 Å². The van der Waals surface area contributed by atoms with Crippen LogP contribution >= 0.6 is 11.8 Å². The SMILES string of the molecule is CC(Oc1ccc2c(c1)OCO2)C(=O)N1CC2CC1CS2. The van der Waals surface area contributed by atoms with E-state index in [0.29, 0.717) is 22.8 Å². The molecule has 1 aromatic rings. The second-order valence-corrected chi connectivity index (χ2v) is 6.94. The number of benzene rings is 1. The smallest absolute Gasteiger partial charge is 0.263 e. The first-order valence-electron chi connectivity index (χ1n) is 7.19. The molecule has 2 fully saturated rings. The van der Waals surface area contributed by atoms with Crippen LogP contribution in [-0.2, 0) is 4.79 Å². The first kappa shape index (κ1) is 13.1. The second-order valence-electron chi connectivity index (χ2n) is 5.61. The minimum absolute atomic E-state index is 0.0838. The summed E-state index contributed by atoms with van der Waals surface area (Å²) in [5.74, 6) is 3.17. The van der Waals surface area contributed by atoms with Crippen LogP contribution in [0.1, 0.15) is 13.3 Å². The highest BCUT2D eigenvalue weighted by Crippen LogP contribution is 2.38. The number of fused-ring (bicyclic) bond motifs is 3. The summed E-state index contributed by atoms with van der Waals surface area (Å²) >= 11 is 1.98. The third kappa shape index (κ3) is 2.31. The summed E-state index contributed by atoms with van der Waals surface area (Å²) in [7, 11) is 0. The third-order valence-corrected chi connectivity index (χ3v) is 5.58. The van der Waals surface area contributed by atoms with Crippen LogP contribution in [-0.4, -0.2) is 47.3 Å². The van der Waals surface area contributed by atoms with Gasteiger partial charge in [-0.15, -0.1) is 0 Å². The number of carbonyl (C=O) groups is 1. The molecule has 5 nitrogen and oxygen atoms in total. The molecule has 3 aliphatic heterocycles. The Kier molecular flexibility index (Phi) is 3.14. The van der Waals surface area contributed by atoms with Crippen molar-refractivity contribution in [3.8, 4) is 17.2 Å². The molecule has 1 aromatic carbocycles. The molecule has 0 aliphatic carbocycles. The minimum atomic E-state index is -0.477. The van der Waals surface area contributed by atoms with Gasteiger partial charge in [0.05, 0.1) is 0 Å². The molecule has 2 bridgehead atoms. The van der Waals surface area contributed by atoms with Gasteiger partial charge in [0.25, 0.3) is 5.91 Å². The lowest BCUT2D eigenvalue weighted by atomic mass is 10.2. The zero-order valence-electron chi connectivity index (χ0n) is 11.8.